The Hall–Kier alpha value is -4.34. The number of carbonyl (C=O) groups excluding carboxylic acids is 2. The lowest BCUT2D eigenvalue weighted by Crippen LogP contribution is -2.45. The van der Waals surface area contributed by atoms with Gasteiger partial charge in [-0.3, -0.25) is 9.69 Å². The average Bonchev–Trinajstić information content (AvgIpc) is 3.23. The molecule has 0 aliphatic carbocycles. The standard InChI is InChI=1S/C25H20F3N5O2/c1-31-12-16-6-5-15(24(34)29-11-19-20(27)9-17(26)10-21(19)28)8-22(16)33(25(31)35)14-18-13-32-7-3-2-4-23(32)30-18/h2-10,13H,11-12,14H2,1H3,(H,29,34). The molecule has 1 aliphatic heterocycles. The number of benzene rings is 2. The lowest BCUT2D eigenvalue weighted by Gasteiger charge is -2.35. The van der Waals surface area contributed by atoms with Crippen LogP contribution in [-0.4, -0.2) is 33.3 Å². The van der Waals surface area contributed by atoms with Gasteiger partial charge in [-0.25, -0.2) is 22.9 Å². The SMILES string of the molecule is CN1Cc2ccc(C(=O)NCc3c(F)cc(F)cc3F)cc2N(Cc2cn3ccccc3n2)C1=O. The predicted octanol–water partition coefficient (Wildman–Crippen LogP) is 4.25. The van der Waals surface area contributed by atoms with Gasteiger partial charge in [0.15, 0.2) is 0 Å². The molecule has 0 saturated carbocycles. The highest BCUT2D eigenvalue weighted by atomic mass is 19.1. The van der Waals surface area contributed by atoms with Crippen molar-refractivity contribution < 1.29 is 22.8 Å². The smallest absolute Gasteiger partial charge is 0.324 e. The number of carbonyl (C=O) groups is 2. The van der Waals surface area contributed by atoms with Crippen molar-refractivity contribution in [2.75, 3.05) is 11.9 Å². The normalized spacial score (nSPS) is 13.3. The summed E-state index contributed by atoms with van der Waals surface area (Å²) in [4.78, 5) is 33.4. The number of hydrogen-bond donors (Lipinski definition) is 1. The third-order valence-corrected chi connectivity index (χ3v) is 5.87. The van der Waals surface area contributed by atoms with Gasteiger partial charge in [0, 0.05) is 55.8 Å². The minimum Gasteiger partial charge on any atom is -0.348 e. The number of imidazole rings is 1. The Morgan fingerprint density at radius 2 is 1.86 bits per heavy atom. The third-order valence-electron chi connectivity index (χ3n) is 5.87. The van der Waals surface area contributed by atoms with Crippen molar-refractivity contribution in [3.05, 3.63) is 101 Å². The van der Waals surface area contributed by atoms with E-state index in [1.54, 1.807) is 30.1 Å². The van der Waals surface area contributed by atoms with Crippen LogP contribution in [0.3, 0.4) is 0 Å². The molecule has 4 aromatic rings. The molecule has 7 nitrogen and oxygen atoms in total. The van der Waals surface area contributed by atoms with Gasteiger partial charge in [-0.15, -0.1) is 0 Å². The molecule has 0 spiro atoms. The topological polar surface area (TPSA) is 70.0 Å². The molecule has 0 saturated heterocycles. The van der Waals surface area contributed by atoms with Crippen LogP contribution in [0.15, 0.2) is 60.9 Å². The van der Waals surface area contributed by atoms with Crippen LogP contribution in [-0.2, 0) is 19.6 Å². The van der Waals surface area contributed by atoms with Gasteiger partial charge >= 0.3 is 6.03 Å². The van der Waals surface area contributed by atoms with Gasteiger partial charge in [-0.1, -0.05) is 12.1 Å². The van der Waals surface area contributed by atoms with Crippen molar-refractivity contribution in [1.82, 2.24) is 19.6 Å². The zero-order valence-corrected chi connectivity index (χ0v) is 18.6. The molecule has 0 radical (unpaired) electrons. The van der Waals surface area contributed by atoms with Gasteiger partial charge in [0.2, 0.25) is 0 Å². The van der Waals surface area contributed by atoms with Crippen LogP contribution >= 0.6 is 0 Å². The molecule has 3 amide bonds. The second kappa shape index (κ2) is 8.79. The summed E-state index contributed by atoms with van der Waals surface area (Å²) in [6, 6.07) is 11.4. The molecule has 1 aliphatic rings. The zero-order valence-electron chi connectivity index (χ0n) is 18.6. The van der Waals surface area contributed by atoms with Crippen LogP contribution in [0.2, 0.25) is 0 Å². The van der Waals surface area contributed by atoms with Crippen molar-refractivity contribution in [2.24, 2.45) is 0 Å². The van der Waals surface area contributed by atoms with E-state index in [1.165, 1.54) is 4.90 Å². The first-order valence-corrected chi connectivity index (χ1v) is 10.8. The fraction of sp³-hybridized carbons (Fsp3) is 0.160. The van der Waals surface area contributed by atoms with E-state index in [4.69, 9.17) is 0 Å². The van der Waals surface area contributed by atoms with E-state index in [-0.39, 0.29) is 18.1 Å². The number of halogens is 3. The van der Waals surface area contributed by atoms with E-state index in [0.717, 1.165) is 11.2 Å². The summed E-state index contributed by atoms with van der Waals surface area (Å²) in [5.74, 6) is -3.79. The van der Waals surface area contributed by atoms with Gasteiger partial charge in [0.25, 0.3) is 5.91 Å². The first kappa shape index (κ1) is 22.5. The molecule has 10 heteroatoms. The van der Waals surface area contributed by atoms with E-state index in [2.05, 4.69) is 10.3 Å². The van der Waals surface area contributed by atoms with Crippen LogP contribution in [0.25, 0.3) is 5.65 Å². The lowest BCUT2D eigenvalue weighted by molar-refractivity contribution is 0.0950. The van der Waals surface area contributed by atoms with Crippen molar-refractivity contribution in [1.29, 1.82) is 0 Å². The van der Waals surface area contributed by atoms with Gasteiger partial charge in [-0.05, 0) is 29.8 Å². The lowest BCUT2D eigenvalue weighted by atomic mass is 10.0. The quantitative estimate of drug-likeness (QED) is 0.465. The van der Waals surface area contributed by atoms with Crippen molar-refractivity contribution in [3.63, 3.8) is 0 Å². The van der Waals surface area contributed by atoms with Crippen LogP contribution < -0.4 is 10.2 Å². The number of hydrogen-bond acceptors (Lipinski definition) is 3. The Bertz CT molecular complexity index is 1410. The van der Waals surface area contributed by atoms with Crippen molar-refractivity contribution in [3.8, 4) is 0 Å². The monoisotopic (exact) mass is 479 g/mol. The molecule has 0 unspecified atom stereocenters. The average molecular weight is 479 g/mol. The van der Waals surface area contributed by atoms with E-state index in [0.29, 0.717) is 30.1 Å². The largest absolute Gasteiger partial charge is 0.348 e. The number of pyridine rings is 1. The number of amides is 3. The summed E-state index contributed by atoms with van der Waals surface area (Å²) in [7, 11) is 1.69. The van der Waals surface area contributed by atoms with E-state index in [9.17, 15) is 22.8 Å². The summed E-state index contributed by atoms with van der Waals surface area (Å²) in [5, 5.41) is 2.45. The Kier molecular flexibility index (Phi) is 5.64. The fourth-order valence-corrected chi connectivity index (χ4v) is 4.11. The van der Waals surface area contributed by atoms with E-state index in [1.807, 2.05) is 35.0 Å². The molecule has 35 heavy (non-hydrogen) atoms. The molecule has 0 bridgehead atoms. The maximum atomic E-state index is 13.9. The Morgan fingerprint density at radius 1 is 1.09 bits per heavy atom. The number of nitrogens with zero attached hydrogens (tertiary/aromatic N) is 4. The van der Waals surface area contributed by atoms with Gasteiger partial charge in [0.05, 0.1) is 17.9 Å². The van der Waals surface area contributed by atoms with E-state index < -0.39 is 35.5 Å². The third kappa shape index (κ3) is 4.30. The maximum Gasteiger partial charge on any atom is 0.324 e. The molecular weight excluding hydrogens is 459 g/mol. The summed E-state index contributed by atoms with van der Waals surface area (Å²) >= 11 is 0. The highest BCUT2D eigenvalue weighted by Crippen LogP contribution is 2.30. The summed E-state index contributed by atoms with van der Waals surface area (Å²) in [6.45, 7) is 0.0964. The minimum absolute atomic E-state index is 0.189. The second-order valence-electron chi connectivity index (χ2n) is 8.30. The number of fused-ring (bicyclic) bond motifs is 2. The zero-order chi connectivity index (χ0) is 24.7. The second-order valence-corrected chi connectivity index (χ2v) is 8.30. The van der Waals surface area contributed by atoms with Crippen LogP contribution in [0.5, 0.6) is 0 Å². The van der Waals surface area contributed by atoms with Gasteiger partial charge in [0.1, 0.15) is 23.1 Å². The van der Waals surface area contributed by atoms with Crippen molar-refractivity contribution >= 4 is 23.3 Å². The van der Waals surface area contributed by atoms with Crippen LogP contribution in [0.4, 0.5) is 23.7 Å². The number of rotatable bonds is 5. The van der Waals surface area contributed by atoms with Gasteiger partial charge in [-0.2, -0.15) is 0 Å². The molecule has 178 valence electrons. The summed E-state index contributed by atoms with van der Waals surface area (Å²) in [5.41, 5.74) is 2.57. The fourth-order valence-electron chi connectivity index (χ4n) is 4.11. The highest BCUT2D eigenvalue weighted by Gasteiger charge is 2.29. The Labute approximate surface area is 198 Å². The molecule has 0 fully saturated rings. The van der Waals surface area contributed by atoms with Crippen LogP contribution in [0.1, 0.15) is 27.2 Å². The van der Waals surface area contributed by atoms with Gasteiger partial charge < -0.3 is 14.6 Å². The predicted molar refractivity (Wildman–Crippen MR) is 122 cm³/mol. The molecule has 2 aromatic heterocycles. The summed E-state index contributed by atoms with van der Waals surface area (Å²) < 4.78 is 42.8. The molecular formula is C25H20F3N5O2. The maximum absolute atomic E-state index is 13.9. The van der Waals surface area contributed by atoms with Crippen molar-refractivity contribution in [2.45, 2.75) is 19.6 Å². The number of aromatic nitrogens is 2. The first-order chi connectivity index (χ1) is 16.8. The molecule has 5 rings (SSSR count). The van der Waals surface area contributed by atoms with E-state index >= 15 is 0 Å². The summed E-state index contributed by atoms with van der Waals surface area (Å²) in [6.07, 6.45) is 3.69. The highest BCUT2D eigenvalue weighted by molar-refractivity contribution is 5.99. The first-order valence-electron chi connectivity index (χ1n) is 10.8. The Morgan fingerprint density at radius 3 is 2.60 bits per heavy atom. The number of nitrogens with one attached hydrogen (secondary N) is 1. The molecule has 1 N–H and O–H groups in total. The molecule has 0 atom stereocenters. The van der Waals surface area contributed by atoms with Crippen LogP contribution in [0, 0.1) is 17.5 Å². The minimum atomic E-state index is -1.08. The molecule has 2 aromatic carbocycles. The Balaban J connectivity index is 1.41. The molecule has 3 heterocycles. The number of urea groups is 1. The number of anilines is 1.